The molecular formula is C19H18F3N7. The molecule has 0 aliphatic heterocycles. The lowest BCUT2D eigenvalue weighted by Crippen LogP contribution is -2.37. The zero-order chi connectivity index (χ0) is 20.4. The Hall–Kier alpha value is -3.30. The minimum atomic E-state index is -0.988. The van der Waals surface area contributed by atoms with Gasteiger partial charge in [0.2, 0.25) is 11.9 Å². The van der Waals surface area contributed by atoms with Crippen LogP contribution in [0.3, 0.4) is 0 Å². The van der Waals surface area contributed by atoms with Gasteiger partial charge in [0.15, 0.2) is 5.82 Å². The first kappa shape index (κ1) is 19.0. The second-order valence-electron chi connectivity index (χ2n) is 6.84. The van der Waals surface area contributed by atoms with Gasteiger partial charge in [0, 0.05) is 42.5 Å². The van der Waals surface area contributed by atoms with Crippen LogP contribution in [-0.4, -0.2) is 37.6 Å². The summed E-state index contributed by atoms with van der Waals surface area (Å²) in [6, 6.07) is 2.81. The van der Waals surface area contributed by atoms with Crippen LogP contribution in [0, 0.1) is 17.6 Å². The van der Waals surface area contributed by atoms with E-state index in [9.17, 15) is 13.2 Å². The third-order valence-electron chi connectivity index (χ3n) is 5.06. The van der Waals surface area contributed by atoms with Gasteiger partial charge < -0.3 is 11.1 Å². The molecule has 3 heterocycles. The van der Waals surface area contributed by atoms with Gasteiger partial charge in [-0.1, -0.05) is 0 Å². The summed E-state index contributed by atoms with van der Waals surface area (Å²) in [4.78, 5) is 19.8. The van der Waals surface area contributed by atoms with Crippen molar-refractivity contribution in [1.29, 1.82) is 0 Å². The van der Waals surface area contributed by atoms with Crippen molar-refractivity contribution in [2.75, 3.05) is 17.6 Å². The van der Waals surface area contributed by atoms with Gasteiger partial charge in [-0.3, -0.25) is 4.98 Å². The Balaban J connectivity index is 1.51. The molecule has 0 spiro atoms. The van der Waals surface area contributed by atoms with Crippen LogP contribution >= 0.6 is 0 Å². The highest BCUT2D eigenvalue weighted by molar-refractivity contribution is 5.58. The molecule has 4 rings (SSSR count). The van der Waals surface area contributed by atoms with E-state index in [0.717, 1.165) is 6.20 Å². The summed E-state index contributed by atoms with van der Waals surface area (Å²) in [6.45, 7) is 0.215. The van der Waals surface area contributed by atoms with Crippen LogP contribution in [0.4, 0.5) is 25.1 Å². The second kappa shape index (κ2) is 7.98. The molecule has 0 amide bonds. The minimum absolute atomic E-state index is 0.00720. The number of anilines is 2. The molecule has 3 aromatic heterocycles. The average Bonchev–Trinajstić information content (AvgIpc) is 2.72. The van der Waals surface area contributed by atoms with Crippen molar-refractivity contribution in [2.45, 2.75) is 24.9 Å². The predicted octanol–water partition coefficient (Wildman–Crippen LogP) is 3.13. The van der Waals surface area contributed by atoms with Crippen LogP contribution in [0.2, 0.25) is 0 Å². The second-order valence-corrected chi connectivity index (χ2v) is 6.84. The summed E-state index contributed by atoms with van der Waals surface area (Å²) in [6.07, 6.45) is 5.38. The number of halogens is 3. The molecule has 0 bridgehead atoms. The molecule has 0 saturated heterocycles. The highest BCUT2D eigenvalue weighted by Crippen LogP contribution is 2.41. The van der Waals surface area contributed by atoms with E-state index in [4.69, 9.17) is 5.73 Å². The number of hydrogen-bond donors (Lipinski definition) is 2. The van der Waals surface area contributed by atoms with Gasteiger partial charge in [0.1, 0.15) is 17.7 Å². The fourth-order valence-corrected chi connectivity index (χ4v) is 3.39. The Morgan fingerprint density at radius 3 is 2.52 bits per heavy atom. The van der Waals surface area contributed by atoms with Crippen LogP contribution in [-0.2, 0) is 0 Å². The predicted molar refractivity (Wildman–Crippen MR) is 100 cm³/mol. The Morgan fingerprint density at radius 2 is 1.86 bits per heavy atom. The molecule has 1 aliphatic rings. The number of nitrogens with zero attached hydrogens (tertiary/aromatic N) is 5. The van der Waals surface area contributed by atoms with E-state index in [1.165, 1.54) is 30.7 Å². The molecule has 1 fully saturated rings. The number of pyridine rings is 1. The summed E-state index contributed by atoms with van der Waals surface area (Å²) < 4.78 is 42.1. The lowest BCUT2D eigenvalue weighted by atomic mass is 9.72. The van der Waals surface area contributed by atoms with Crippen LogP contribution in [0.5, 0.6) is 0 Å². The molecule has 1 unspecified atom stereocenters. The Bertz CT molecular complexity index is 999. The van der Waals surface area contributed by atoms with Crippen molar-refractivity contribution in [3.63, 3.8) is 0 Å². The van der Waals surface area contributed by atoms with Crippen molar-refractivity contribution in [2.24, 2.45) is 5.92 Å². The third-order valence-corrected chi connectivity index (χ3v) is 5.06. The maximum absolute atomic E-state index is 14.2. The minimum Gasteiger partial charge on any atom is -0.368 e. The van der Waals surface area contributed by atoms with Crippen molar-refractivity contribution >= 4 is 11.9 Å². The third kappa shape index (κ3) is 3.96. The monoisotopic (exact) mass is 401 g/mol. The molecule has 29 heavy (non-hydrogen) atoms. The van der Waals surface area contributed by atoms with E-state index in [0.29, 0.717) is 18.4 Å². The van der Waals surface area contributed by atoms with Gasteiger partial charge in [-0.05, 0) is 25.0 Å². The van der Waals surface area contributed by atoms with E-state index in [-0.39, 0.29) is 35.7 Å². The number of alkyl halides is 1. The number of nitrogen functional groups attached to an aromatic ring is 1. The maximum atomic E-state index is 14.2. The first-order valence-corrected chi connectivity index (χ1v) is 9.11. The zero-order valence-corrected chi connectivity index (χ0v) is 15.3. The number of hydrogen-bond acceptors (Lipinski definition) is 7. The lowest BCUT2D eigenvalue weighted by molar-refractivity contribution is 0.0894. The number of nitrogens with one attached hydrogen (secondary N) is 1. The highest BCUT2D eigenvalue weighted by atomic mass is 19.1. The van der Waals surface area contributed by atoms with Crippen molar-refractivity contribution in [3.05, 3.63) is 54.2 Å². The standard InChI is InChI=1S/C19H18F3N7/c20-13-4-3-11(13)12(17-14(21)2-1-5-24-17)8-28-19-26-6-10(7-27-19)16-15(22)9-25-18(23)29-16/h1-2,5-7,9,11-13H,3-4,8H2,(H2,23,25,29)(H,26,27,28)/t11?,12-,13-/m0/s1. The quantitative estimate of drug-likeness (QED) is 0.654. The van der Waals surface area contributed by atoms with E-state index in [2.05, 4.69) is 30.2 Å². The van der Waals surface area contributed by atoms with Crippen molar-refractivity contribution < 1.29 is 13.2 Å². The topological polar surface area (TPSA) is 102 Å². The molecule has 0 radical (unpaired) electrons. The van der Waals surface area contributed by atoms with Crippen LogP contribution < -0.4 is 11.1 Å². The molecule has 1 aliphatic carbocycles. The molecule has 1 saturated carbocycles. The highest BCUT2D eigenvalue weighted by Gasteiger charge is 2.39. The molecule has 0 aromatic carbocycles. The summed E-state index contributed by atoms with van der Waals surface area (Å²) in [5.74, 6) is -1.70. The molecule has 3 atom stereocenters. The molecular weight excluding hydrogens is 383 g/mol. The Kier molecular flexibility index (Phi) is 5.24. The van der Waals surface area contributed by atoms with E-state index in [1.807, 2.05) is 0 Å². The zero-order valence-electron chi connectivity index (χ0n) is 15.3. The fraction of sp³-hybridized carbons (Fsp3) is 0.316. The largest absolute Gasteiger partial charge is 0.368 e. The molecule has 10 heteroatoms. The first-order chi connectivity index (χ1) is 14.0. The number of rotatable bonds is 6. The van der Waals surface area contributed by atoms with Gasteiger partial charge >= 0.3 is 0 Å². The normalized spacial score (nSPS) is 19.4. The molecule has 150 valence electrons. The van der Waals surface area contributed by atoms with E-state index in [1.54, 1.807) is 0 Å². The van der Waals surface area contributed by atoms with E-state index < -0.39 is 23.7 Å². The van der Waals surface area contributed by atoms with Crippen molar-refractivity contribution in [3.8, 4) is 11.3 Å². The molecule has 3 aromatic rings. The molecule has 3 N–H and O–H groups in total. The average molecular weight is 401 g/mol. The fourth-order valence-electron chi connectivity index (χ4n) is 3.39. The van der Waals surface area contributed by atoms with Gasteiger partial charge in [0.25, 0.3) is 0 Å². The van der Waals surface area contributed by atoms with Gasteiger partial charge in [0.05, 0.1) is 11.9 Å². The Labute approximate surface area is 164 Å². The lowest BCUT2D eigenvalue weighted by Gasteiger charge is -2.37. The summed E-state index contributed by atoms with van der Waals surface area (Å²) in [5.41, 5.74) is 6.04. The number of nitrogens with two attached hydrogens (primary N) is 1. The van der Waals surface area contributed by atoms with Gasteiger partial charge in [-0.2, -0.15) is 0 Å². The summed E-state index contributed by atoms with van der Waals surface area (Å²) in [5, 5.41) is 3.00. The van der Waals surface area contributed by atoms with Gasteiger partial charge in [-0.15, -0.1) is 0 Å². The summed E-state index contributed by atoms with van der Waals surface area (Å²) in [7, 11) is 0. The van der Waals surface area contributed by atoms with Gasteiger partial charge in [-0.25, -0.2) is 33.1 Å². The summed E-state index contributed by atoms with van der Waals surface area (Å²) >= 11 is 0. The van der Waals surface area contributed by atoms with Crippen LogP contribution in [0.25, 0.3) is 11.3 Å². The Morgan fingerprint density at radius 1 is 1.07 bits per heavy atom. The van der Waals surface area contributed by atoms with Crippen LogP contribution in [0.15, 0.2) is 36.9 Å². The van der Waals surface area contributed by atoms with Crippen molar-refractivity contribution in [1.82, 2.24) is 24.9 Å². The maximum Gasteiger partial charge on any atom is 0.222 e. The SMILES string of the molecule is Nc1ncc(F)c(-c2cnc(NC[C@H](c3ncccc3F)C3CC[C@@H]3F)nc2)n1. The number of aromatic nitrogens is 5. The smallest absolute Gasteiger partial charge is 0.222 e. The first-order valence-electron chi connectivity index (χ1n) is 9.11. The van der Waals surface area contributed by atoms with Crippen LogP contribution in [0.1, 0.15) is 24.5 Å². The molecule has 7 nitrogen and oxygen atoms in total. The van der Waals surface area contributed by atoms with E-state index >= 15 is 0 Å².